The van der Waals surface area contributed by atoms with Crippen molar-refractivity contribution in [3.63, 3.8) is 0 Å². The molecule has 1 aromatic carbocycles. The van der Waals surface area contributed by atoms with Crippen molar-refractivity contribution in [2.24, 2.45) is 5.92 Å². The minimum Gasteiger partial charge on any atom is -0.388 e. The minimum absolute atomic E-state index is 0.161. The van der Waals surface area contributed by atoms with Gasteiger partial charge < -0.3 is 10.2 Å². The summed E-state index contributed by atoms with van der Waals surface area (Å²) in [7, 11) is 0. The highest BCUT2D eigenvalue weighted by atomic mass is 19.1. The molecule has 1 unspecified atom stereocenters. The van der Waals surface area contributed by atoms with Crippen LogP contribution in [0, 0.1) is 17.6 Å². The second-order valence-electron chi connectivity index (χ2n) is 6.64. The number of amides is 1. The van der Waals surface area contributed by atoms with E-state index >= 15 is 0 Å². The Morgan fingerprint density at radius 3 is 2.34 bits per heavy atom. The first-order valence-electron chi connectivity index (χ1n) is 9.00. The fourth-order valence-electron chi connectivity index (χ4n) is 2.68. The van der Waals surface area contributed by atoms with Crippen molar-refractivity contribution in [2.75, 3.05) is 5.32 Å². The molecule has 0 aliphatic heterocycles. The molecule has 0 saturated heterocycles. The molecule has 0 aliphatic rings. The summed E-state index contributed by atoms with van der Waals surface area (Å²) in [6, 6.07) is 11.7. The number of carbonyl (C=O) groups excluding carboxylic acids is 1. The second-order valence-corrected chi connectivity index (χ2v) is 6.64. The molecule has 2 heterocycles. The third kappa shape index (κ3) is 5.11. The molecule has 0 bridgehead atoms. The number of aromatic nitrogens is 2. The highest BCUT2D eigenvalue weighted by Crippen LogP contribution is 2.23. The maximum Gasteiger partial charge on any atom is 0.262 e. The van der Waals surface area contributed by atoms with Crippen LogP contribution in [0.4, 0.5) is 14.6 Å². The number of pyridine rings is 2. The van der Waals surface area contributed by atoms with Gasteiger partial charge in [0.15, 0.2) is 0 Å². The Morgan fingerprint density at radius 2 is 1.76 bits per heavy atom. The zero-order valence-corrected chi connectivity index (χ0v) is 15.9. The Bertz CT molecular complexity index is 946. The lowest BCUT2D eigenvalue weighted by Gasteiger charge is -2.22. The van der Waals surface area contributed by atoms with E-state index in [-0.39, 0.29) is 17.8 Å². The van der Waals surface area contributed by atoms with Crippen LogP contribution in [0.1, 0.15) is 35.8 Å². The highest BCUT2D eigenvalue weighted by molar-refractivity contribution is 6.04. The molecule has 3 aromatic rings. The van der Waals surface area contributed by atoms with Gasteiger partial charge in [0.2, 0.25) is 5.88 Å². The normalized spacial score (nSPS) is 11.9. The smallest absolute Gasteiger partial charge is 0.262 e. The molecule has 29 heavy (non-hydrogen) atoms. The molecule has 150 valence electrons. The van der Waals surface area contributed by atoms with Crippen LogP contribution in [0.5, 0.6) is 5.88 Å². The molecule has 0 fully saturated rings. The molecule has 8 heteroatoms. The summed E-state index contributed by atoms with van der Waals surface area (Å²) in [5.74, 6) is -2.01. The van der Waals surface area contributed by atoms with E-state index in [9.17, 15) is 13.6 Å². The molecule has 0 radical (unpaired) electrons. The maximum atomic E-state index is 13.7. The summed E-state index contributed by atoms with van der Waals surface area (Å²) in [6.07, 6.45) is 3.19. The third-order valence-corrected chi connectivity index (χ3v) is 4.17. The van der Waals surface area contributed by atoms with E-state index in [4.69, 9.17) is 4.84 Å². The molecule has 3 rings (SSSR count). The maximum absolute atomic E-state index is 13.7. The van der Waals surface area contributed by atoms with Crippen molar-refractivity contribution in [1.82, 2.24) is 15.4 Å². The lowest BCUT2D eigenvalue weighted by molar-refractivity contribution is 0.101. The van der Waals surface area contributed by atoms with Gasteiger partial charge in [-0.25, -0.2) is 18.7 Å². The summed E-state index contributed by atoms with van der Waals surface area (Å²) >= 11 is 0. The molecule has 2 aromatic heterocycles. The van der Waals surface area contributed by atoms with E-state index in [0.717, 1.165) is 17.7 Å². The third-order valence-electron chi connectivity index (χ3n) is 4.17. The number of hydrogen-bond donors (Lipinski definition) is 2. The first-order valence-corrected chi connectivity index (χ1v) is 9.00. The highest BCUT2D eigenvalue weighted by Gasteiger charge is 2.19. The van der Waals surface area contributed by atoms with Crippen LogP contribution in [-0.2, 0) is 0 Å². The summed E-state index contributed by atoms with van der Waals surface area (Å²) in [6.45, 7) is 4.02. The molecular weight excluding hydrogens is 378 g/mol. The van der Waals surface area contributed by atoms with Gasteiger partial charge in [-0.1, -0.05) is 32.0 Å². The number of hydroxylamine groups is 1. The Hall–Kier alpha value is -3.39. The average molecular weight is 398 g/mol. The fourth-order valence-corrected chi connectivity index (χ4v) is 2.68. The number of nitrogens with one attached hydrogen (secondary N) is 2. The summed E-state index contributed by atoms with van der Waals surface area (Å²) in [4.78, 5) is 26.0. The van der Waals surface area contributed by atoms with Crippen LogP contribution in [0.3, 0.4) is 0 Å². The summed E-state index contributed by atoms with van der Waals surface area (Å²) < 4.78 is 27.5. The number of hydrogen-bond acceptors (Lipinski definition) is 5. The van der Waals surface area contributed by atoms with Crippen molar-refractivity contribution in [2.45, 2.75) is 19.9 Å². The van der Waals surface area contributed by atoms with Gasteiger partial charge in [0.05, 0.1) is 6.04 Å². The van der Waals surface area contributed by atoms with Crippen LogP contribution < -0.4 is 15.6 Å². The topological polar surface area (TPSA) is 76.1 Å². The fraction of sp³-hybridized carbons (Fsp3) is 0.190. The van der Waals surface area contributed by atoms with Crippen LogP contribution in [0.15, 0.2) is 60.9 Å². The van der Waals surface area contributed by atoms with Gasteiger partial charge in [0, 0.05) is 18.5 Å². The van der Waals surface area contributed by atoms with Gasteiger partial charge in [0.25, 0.3) is 5.91 Å². The van der Waals surface area contributed by atoms with Crippen molar-refractivity contribution >= 4 is 11.7 Å². The predicted octanol–water partition coefficient (Wildman–Crippen LogP) is 4.29. The number of halogens is 2. The number of nitrogens with zero attached hydrogens (tertiary/aromatic N) is 2. The van der Waals surface area contributed by atoms with E-state index in [1.807, 2.05) is 19.9 Å². The average Bonchev–Trinajstić information content (AvgIpc) is 2.70. The monoisotopic (exact) mass is 398 g/mol. The van der Waals surface area contributed by atoms with E-state index in [1.54, 1.807) is 36.7 Å². The van der Waals surface area contributed by atoms with Crippen LogP contribution >= 0.6 is 0 Å². The number of carbonyl (C=O) groups is 1. The molecule has 1 atom stereocenters. The Morgan fingerprint density at radius 1 is 1.00 bits per heavy atom. The Balaban J connectivity index is 1.69. The number of benzene rings is 1. The molecular formula is C21H20F2N4O2. The van der Waals surface area contributed by atoms with Gasteiger partial charge in [0.1, 0.15) is 23.0 Å². The van der Waals surface area contributed by atoms with E-state index in [0.29, 0.717) is 5.88 Å². The predicted molar refractivity (Wildman–Crippen MR) is 104 cm³/mol. The van der Waals surface area contributed by atoms with Gasteiger partial charge in [-0.2, -0.15) is 0 Å². The molecule has 0 aliphatic carbocycles. The Labute approximate surface area is 166 Å². The lowest BCUT2D eigenvalue weighted by atomic mass is 9.98. The first-order chi connectivity index (χ1) is 14.0. The summed E-state index contributed by atoms with van der Waals surface area (Å²) in [5, 5.41) is 2.40. The molecule has 0 spiro atoms. The number of rotatable bonds is 7. The van der Waals surface area contributed by atoms with Crippen molar-refractivity contribution in [1.29, 1.82) is 0 Å². The van der Waals surface area contributed by atoms with E-state index < -0.39 is 23.1 Å². The first kappa shape index (κ1) is 20.3. The molecule has 6 nitrogen and oxygen atoms in total. The van der Waals surface area contributed by atoms with Gasteiger partial charge in [-0.15, -0.1) is 5.48 Å². The van der Waals surface area contributed by atoms with E-state index in [2.05, 4.69) is 20.8 Å². The van der Waals surface area contributed by atoms with Crippen LogP contribution in [-0.4, -0.2) is 15.9 Å². The lowest BCUT2D eigenvalue weighted by Crippen LogP contribution is -2.29. The van der Waals surface area contributed by atoms with Gasteiger partial charge in [-0.3, -0.25) is 4.79 Å². The quantitative estimate of drug-likeness (QED) is 0.581. The van der Waals surface area contributed by atoms with Crippen LogP contribution in [0.2, 0.25) is 0 Å². The second kappa shape index (κ2) is 9.20. The minimum atomic E-state index is -0.935. The zero-order valence-electron chi connectivity index (χ0n) is 15.9. The van der Waals surface area contributed by atoms with E-state index in [1.165, 1.54) is 6.07 Å². The van der Waals surface area contributed by atoms with Gasteiger partial charge >= 0.3 is 0 Å². The number of anilines is 1. The molecule has 2 N–H and O–H groups in total. The standard InChI is InChI=1S/C21H20F2N4O2/c1-13(2)20(27-29-18-8-3-4-11-24-18)14-9-10-17(25-12-14)26-21(28)19-15(22)6-5-7-16(19)23/h3-13,20,27H,1-2H3,(H,25,26,28). The largest absolute Gasteiger partial charge is 0.388 e. The molecule has 0 saturated carbocycles. The molecule has 1 amide bonds. The van der Waals surface area contributed by atoms with Crippen LogP contribution in [0.25, 0.3) is 0 Å². The Kier molecular flexibility index (Phi) is 6.46. The van der Waals surface area contributed by atoms with Crippen molar-refractivity contribution < 1.29 is 18.4 Å². The van der Waals surface area contributed by atoms with Crippen molar-refractivity contribution in [3.05, 3.63) is 83.7 Å². The zero-order chi connectivity index (χ0) is 20.8. The SMILES string of the molecule is CC(C)C(NOc1ccccn1)c1ccc(NC(=O)c2c(F)cccc2F)nc1. The van der Waals surface area contributed by atoms with Gasteiger partial charge in [-0.05, 0) is 35.7 Å². The summed E-state index contributed by atoms with van der Waals surface area (Å²) in [5.41, 5.74) is 3.13. The van der Waals surface area contributed by atoms with Crippen molar-refractivity contribution in [3.8, 4) is 5.88 Å².